The van der Waals surface area contributed by atoms with E-state index in [4.69, 9.17) is 28.9 Å². The third-order valence-electron chi connectivity index (χ3n) is 13.1. The predicted octanol–water partition coefficient (Wildman–Crippen LogP) is 6.21. The van der Waals surface area contributed by atoms with E-state index < -0.39 is 8.07 Å². The molecule has 0 amide bonds. The van der Waals surface area contributed by atoms with Gasteiger partial charge in [-0.2, -0.15) is 0 Å². The van der Waals surface area contributed by atoms with Crippen LogP contribution in [-0.4, -0.2) is 70.4 Å². The maximum absolute atomic E-state index is 12.9. The molecule has 0 saturated carbocycles. The fraction of sp³-hybridized carbons (Fsp3) is 0.333. The van der Waals surface area contributed by atoms with E-state index in [1.165, 1.54) is 28.4 Å². The molecule has 4 aromatic heterocycles. The van der Waals surface area contributed by atoms with Gasteiger partial charge in [0.1, 0.15) is 8.07 Å². The van der Waals surface area contributed by atoms with Gasteiger partial charge < -0.3 is 38.9 Å². The summed E-state index contributed by atoms with van der Waals surface area (Å²) in [5, 5.41) is 2.90. The van der Waals surface area contributed by atoms with E-state index >= 15 is 0 Å². The summed E-state index contributed by atoms with van der Waals surface area (Å²) in [6.07, 6.45) is 5.98. The van der Waals surface area contributed by atoms with Crippen LogP contribution in [0.2, 0.25) is 19.6 Å². The molecule has 0 fully saturated rings. The Bertz CT molecular complexity index is 3410. The number of carbonyl (C=O) groups is 4. The molecule has 2 aromatic carbocycles. The number of benzene rings is 2. The van der Waals surface area contributed by atoms with Gasteiger partial charge in [0.2, 0.25) is 0 Å². The number of esters is 4. The monoisotopic (exact) mass is 1150 g/mol. The van der Waals surface area contributed by atoms with E-state index in [2.05, 4.69) is 95.7 Å². The van der Waals surface area contributed by atoms with Crippen molar-refractivity contribution in [1.29, 1.82) is 0 Å². The minimum absolute atomic E-state index is 0. The van der Waals surface area contributed by atoms with Crippen LogP contribution in [0.15, 0.2) is 48.5 Å². The van der Waals surface area contributed by atoms with Crippen molar-refractivity contribution < 1.29 is 57.6 Å². The number of fused-ring (bicyclic) bond motifs is 8. The minimum Gasteiger partial charge on any atom is -0.657 e. The largest absolute Gasteiger partial charge is 2.00 e. The van der Waals surface area contributed by atoms with E-state index in [1.807, 2.05) is 56.3 Å². The second-order valence-electron chi connectivity index (χ2n) is 18.9. The molecular formula is C57H61IN4O8SiZn. The van der Waals surface area contributed by atoms with Crippen molar-refractivity contribution in [3.8, 4) is 11.5 Å². The van der Waals surface area contributed by atoms with Crippen molar-refractivity contribution in [2.24, 2.45) is 0 Å². The van der Waals surface area contributed by atoms with E-state index in [1.54, 1.807) is 0 Å². The molecule has 0 radical (unpaired) electrons. The summed E-state index contributed by atoms with van der Waals surface area (Å²) in [6.45, 7) is 14.8. The molecule has 8 bridgehead atoms. The summed E-state index contributed by atoms with van der Waals surface area (Å²) >= 11 is 2.31. The Morgan fingerprint density at radius 2 is 1.18 bits per heavy atom. The maximum atomic E-state index is 12.9. The molecule has 0 aliphatic carbocycles. The SMILES string of the molecule is COC(=O)CCc1c2[n-]c(c1C)/C(c1cccc(I)c1)=c1\[n-]/c(c(CCC(=O)OC)c1C)=C\c1[nH]c(c(C)c1CCC(=O)OC)/C(c1cccc(C#C[Si](C)(C)C)c1)=c1\[nH]/c(c(CCC(=O)OC)c1C)=C\2.[Zn+2]. The number of nitrogens with zero attached hydrogens (tertiary/aromatic N) is 2. The van der Waals surface area contributed by atoms with E-state index in [0.29, 0.717) is 47.8 Å². The number of carbonyl (C=O) groups excluding carboxylic acids is 4. The number of rotatable bonds is 14. The normalized spacial score (nSPS) is 14.4. The molecule has 0 unspecified atom stereocenters. The molecule has 7 rings (SSSR count). The fourth-order valence-electron chi connectivity index (χ4n) is 9.32. The summed E-state index contributed by atoms with van der Waals surface area (Å²) in [5.41, 5.74) is 17.8. The van der Waals surface area contributed by atoms with E-state index in [0.717, 1.165) is 98.0 Å². The molecule has 72 heavy (non-hydrogen) atoms. The number of H-pyrrole nitrogens is 2. The minimum atomic E-state index is -1.75. The number of methoxy groups -OCH3 is 4. The van der Waals surface area contributed by atoms with Crippen molar-refractivity contribution in [3.05, 3.63) is 157 Å². The number of ether oxygens (including phenoxy) is 4. The van der Waals surface area contributed by atoms with Crippen LogP contribution in [0.5, 0.6) is 0 Å². The number of aromatic amines is 2. The molecule has 1 aliphatic rings. The molecule has 5 heterocycles. The molecule has 0 spiro atoms. The van der Waals surface area contributed by atoms with Gasteiger partial charge in [-0.05, 0) is 139 Å². The fourth-order valence-corrected chi connectivity index (χ4v) is 10.4. The van der Waals surface area contributed by atoms with Crippen LogP contribution in [0.3, 0.4) is 0 Å². The smallest absolute Gasteiger partial charge is 0.657 e. The summed E-state index contributed by atoms with van der Waals surface area (Å²) in [6, 6.07) is 16.4. The summed E-state index contributed by atoms with van der Waals surface area (Å²) in [4.78, 5) is 70.3. The molecule has 370 valence electrons. The number of halogens is 1. The first kappa shape index (κ1) is 55.4. The zero-order valence-corrected chi connectivity index (χ0v) is 49.3. The molecule has 0 saturated heterocycles. The van der Waals surface area contributed by atoms with Crippen molar-refractivity contribution in [2.75, 3.05) is 28.4 Å². The Kier molecular flexibility index (Phi) is 18.2. The van der Waals surface area contributed by atoms with Crippen LogP contribution < -0.4 is 31.4 Å². The average Bonchev–Trinajstić information content (AvgIpc) is 4.03. The Labute approximate surface area is 448 Å². The molecular weight excluding hydrogens is 1090 g/mol. The Morgan fingerprint density at radius 1 is 0.625 bits per heavy atom. The Morgan fingerprint density at radius 3 is 1.76 bits per heavy atom. The first-order valence-electron chi connectivity index (χ1n) is 23.7. The third kappa shape index (κ3) is 12.3. The van der Waals surface area contributed by atoms with Crippen LogP contribution in [0.1, 0.15) is 110 Å². The molecule has 2 N–H and O–H groups in total. The number of nitrogens with one attached hydrogen (secondary N) is 2. The quantitative estimate of drug-likeness (QED) is 0.0421. The van der Waals surface area contributed by atoms with Gasteiger partial charge in [0.15, 0.2) is 0 Å². The second kappa shape index (κ2) is 23.7. The van der Waals surface area contributed by atoms with Gasteiger partial charge in [-0.15, -0.1) is 27.6 Å². The number of hydrogen-bond donors (Lipinski definition) is 2. The van der Waals surface area contributed by atoms with Crippen molar-refractivity contribution in [2.45, 2.75) is 98.7 Å². The third-order valence-corrected chi connectivity index (χ3v) is 14.7. The van der Waals surface area contributed by atoms with Gasteiger partial charge in [-0.1, -0.05) is 84.2 Å². The number of hydrogen-bond acceptors (Lipinski definition) is 8. The summed E-state index contributed by atoms with van der Waals surface area (Å²) < 4.78 is 21.7. The first-order chi connectivity index (χ1) is 33.9. The van der Waals surface area contributed by atoms with Gasteiger partial charge in [0.25, 0.3) is 0 Å². The Hall–Kier alpha value is -5.95. The van der Waals surface area contributed by atoms with Crippen LogP contribution in [-0.2, 0) is 83.3 Å². The molecule has 15 heteroatoms. The molecule has 0 atom stereocenters. The number of aromatic nitrogens is 4. The first-order valence-corrected chi connectivity index (χ1v) is 28.3. The van der Waals surface area contributed by atoms with Gasteiger partial charge in [0, 0.05) is 51.4 Å². The van der Waals surface area contributed by atoms with Crippen LogP contribution in [0, 0.1) is 42.7 Å². The topological polar surface area (TPSA) is 165 Å². The van der Waals surface area contributed by atoms with E-state index in [9.17, 15) is 19.2 Å². The summed E-state index contributed by atoms with van der Waals surface area (Å²) in [7, 11) is 3.81. The molecule has 6 aromatic rings. The molecule has 12 nitrogen and oxygen atoms in total. The maximum Gasteiger partial charge on any atom is 2.00 e. The van der Waals surface area contributed by atoms with Gasteiger partial charge in [0.05, 0.1) is 39.5 Å². The summed E-state index contributed by atoms with van der Waals surface area (Å²) in [5.74, 6) is 2.09. The second-order valence-corrected chi connectivity index (χ2v) is 24.9. The van der Waals surface area contributed by atoms with Crippen molar-refractivity contribution in [1.82, 2.24) is 19.9 Å². The van der Waals surface area contributed by atoms with Gasteiger partial charge in [-0.3, -0.25) is 19.2 Å². The van der Waals surface area contributed by atoms with Gasteiger partial charge in [-0.25, -0.2) is 0 Å². The van der Waals surface area contributed by atoms with Crippen molar-refractivity contribution >= 4 is 77.8 Å². The zero-order chi connectivity index (χ0) is 51.3. The van der Waals surface area contributed by atoms with Gasteiger partial charge >= 0.3 is 43.4 Å². The Balaban J connectivity index is 0.00000847. The predicted molar refractivity (Wildman–Crippen MR) is 286 cm³/mol. The van der Waals surface area contributed by atoms with Crippen LogP contribution >= 0.6 is 22.6 Å². The van der Waals surface area contributed by atoms with Crippen molar-refractivity contribution in [3.63, 3.8) is 0 Å². The average molecular weight is 1150 g/mol. The zero-order valence-electron chi connectivity index (χ0n) is 43.2. The van der Waals surface area contributed by atoms with E-state index in [-0.39, 0.29) is 69.0 Å². The molecule has 1 aliphatic heterocycles. The standard InChI is InChI=1S/C57H61IN4O8Si.Zn/c1-32-40(18-22-48(63)67-5)44-30-46-42(20-24-50(65)69-7)34(3)56(61-46)53(38-16-13-17-39(58)29-38)57-35(4)43(21-25-51(66)70-8)47(62-57)31-45-41(19-23-49(64)68-6)33(2)55(60-45)52(54(32)59-44)37-15-12-14-36(28-37)26-27-71(9,10)11;/h12-17,28-31,59-60H,18-25H2,1-11H3;/q-2;+2/b44-30-,45-31?,46-30?,47-31-,54-52-,55-52?,56-53?,57-53-;. The van der Waals surface area contributed by atoms with Crippen LogP contribution in [0.4, 0.5) is 0 Å². The van der Waals surface area contributed by atoms with Crippen LogP contribution in [0.25, 0.3) is 23.3 Å².